The zero-order valence-corrected chi connectivity index (χ0v) is 25.3. The van der Waals surface area contributed by atoms with Gasteiger partial charge < -0.3 is 19.7 Å². The molecule has 0 aliphatic heterocycles. The highest BCUT2D eigenvalue weighted by Crippen LogP contribution is 2.35. The van der Waals surface area contributed by atoms with Crippen LogP contribution in [0.2, 0.25) is 15.1 Å². The molecule has 0 spiro atoms. The van der Waals surface area contributed by atoms with E-state index in [1.54, 1.807) is 0 Å². The van der Waals surface area contributed by atoms with Crippen LogP contribution in [0.5, 0.6) is 11.5 Å². The SMILES string of the molecule is CN(C(=O)OCCS(=O)(=O)CS(=O)(=O)CCOC(=O)Nc1c(Cl)cc(O)cc1Cl)c1c(Cl)cc(O)cc1I. The highest BCUT2D eigenvalue weighted by Gasteiger charge is 2.25. The van der Waals surface area contributed by atoms with E-state index in [0.29, 0.717) is 3.57 Å². The molecule has 38 heavy (non-hydrogen) atoms. The van der Waals surface area contributed by atoms with Gasteiger partial charge in [0.2, 0.25) is 0 Å². The molecule has 0 aliphatic carbocycles. The Morgan fingerprint density at radius 3 is 1.89 bits per heavy atom. The van der Waals surface area contributed by atoms with Crippen LogP contribution in [0.4, 0.5) is 21.0 Å². The van der Waals surface area contributed by atoms with Crippen LogP contribution in [-0.4, -0.2) is 76.1 Å². The molecular weight excluding hydrogens is 726 g/mol. The van der Waals surface area contributed by atoms with E-state index in [0.717, 1.165) is 17.0 Å². The average molecular weight is 746 g/mol. The molecule has 0 aliphatic rings. The maximum atomic E-state index is 12.3. The van der Waals surface area contributed by atoms with Crippen molar-refractivity contribution in [1.29, 1.82) is 0 Å². The molecule has 0 unspecified atom stereocenters. The molecule has 0 bridgehead atoms. The summed E-state index contributed by atoms with van der Waals surface area (Å²) in [6, 6.07) is 4.78. The van der Waals surface area contributed by atoms with Gasteiger partial charge in [-0.1, -0.05) is 34.8 Å². The summed E-state index contributed by atoms with van der Waals surface area (Å²) in [5, 5.41) is 19.7. The first kappa shape index (κ1) is 32.3. The molecule has 2 amide bonds. The van der Waals surface area contributed by atoms with Crippen LogP contribution in [0.3, 0.4) is 0 Å². The first-order valence-corrected chi connectivity index (χ1v) is 16.0. The quantitative estimate of drug-likeness (QED) is 0.235. The number of halogens is 4. The topological polar surface area (TPSA) is 177 Å². The fourth-order valence-corrected chi connectivity index (χ4v) is 8.63. The fraction of sp³-hybridized carbons (Fsp3) is 0.300. The van der Waals surface area contributed by atoms with Crippen molar-refractivity contribution >= 4 is 101 Å². The molecule has 18 heteroatoms. The van der Waals surface area contributed by atoms with Crippen molar-refractivity contribution in [3.8, 4) is 11.5 Å². The number of carbonyl (C=O) groups is 2. The van der Waals surface area contributed by atoms with Crippen LogP contribution in [0.25, 0.3) is 0 Å². The minimum absolute atomic E-state index is 0.0535. The number of anilines is 2. The van der Waals surface area contributed by atoms with Gasteiger partial charge in [-0.25, -0.2) is 26.4 Å². The van der Waals surface area contributed by atoms with Gasteiger partial charge in [-0.05, 0) is 28.7 Å². The summed E-state index contributed by atoms with van der Waals surface area (Å²) in [6.07, 6.45) is -2.07. The number of phenolic OH excluding ortho intramolecular Hbond substituents is 2. The number of rotatable bonds is 10. The second-order valence-corrected chi connectivity index (χ2v) is 14.6. The Balaban J connectivity index is 1.84. The number of nitrogens with one attached hydrogen (secondary N) is 1. The Hall–Kier alpha value is -1.92. The Morgan fingerprint density at radius 2 is 1.37 bits per heavy atom. The summed E-state index contributed by atoms with van der Waals surface area (Å²) in [5.74, 6) is -1.96. The van der Waals surface area contributed by atoms with Crippen LogP contribution >= 0.6 is 57.4 Å². The number of aromatic hydroxyl groups is 2. The third-order valence-corrected chi connectivity index (χ3v) is 10.6. The molecule has 210 valence electrons. The number of hydrogen-bond donors (Lipinski definition) is 3. The van der Waals surface area contributed by atoms with E-state index in [1.165, 1.54) is 19.2 Å². The Labute approximate surface area is 246 Å². The van der Waals surface area contributed by atoms with Gasteiger partial charge in [0, 0.05) is 28.8 Å². The maximum absolute atomic E-state index is 12.3. The predicted molar refractivity (Wildman–Crippen MR) is 151 cm³/mol. The van der Waals surface area contributed by atoms with Gasteiger partial charge in [0.15, 0.2) is 24.8 Å². The first-order chi connectivity index (χ1) is 17.5. The van der Waals surface area contributed by atoms with E-state index in [1.807, 2.05) is 22.6 Å². The van der Waals surface area contributed by atoms with Crippen molar-refractivity contribution in [2.75, 3.05) is 47.1 Å². The van der Waals surface area contributed by atoms with E-state index >= 15 is 0 Å². The summed E-state index contributed by atoms with van der Waals surface area (Å²) in [6.45, 7) is -1.32. The van der Waals surface area contributed by atoms with Crippen LogP contribution < -0.4 is 10.2 Å². The lowest BCUT2D eigenvalue weighted by Crippen LogP contribution is -2.31. The van der Waals surface area contributed by atoms with E-state index in [-0.39, 0.29) is 37.9 Å². The second-order valence-electron chi connectivity index (χ2n) is 7.49. The summed E-state index contributed by atoms with van der Waals surface area (Å²) < 4.78 is 59.0. The van der Waals surface area contributed by atoms with Crippen LogP contribution in [-0.2, 0) is 29.1 Å². The number of phenols is 2. The lowest BCUT2D eigenvalue weighted by molar-refractivity contribution is 0.162. The van der Waals surface area contributed by atoms with Crippen molar-refractivity contribution < 1.29 is 46.1 Å². The zero-order valence-electron chi connectivity index (χ0n) is 19.3. The Bertz CT molecular complexity index is 1390. The van der Waals surface area contributed by atoms with Gasteiger partial charge in [-0.2, -0.15) is 0 Å². The van der Waals surface area contributed by atoms with Crippen molar-refractivity contribution in [2.45, 2.75) is 0 Å². The Morgan fingerprint density at radius 1 is 0.895 bits per heavy atom. The number of benzene rings is 2. The van der Waals surface area contributed by atoms with E-state index in [2.05, 4.69) is 5.32 Å². The average Bonchev–Trinajstić information content (AvgIpc) is 2.74. The number of nitrogens with zero attached hydrogens (tertiary/aromatic N) is 1. The largest absolute Gasteiger partial charge is 0.508 e. The molecule has 0 fully saturated rings. The van der Waals surface area contributed by atoms with Crippen LogP contribution in [0.15, 0.2) is 24.3 Å². The van der Waals surface area contributed by atoms with Gasteiger partial charge in [0.05, 0.1) is 37.9 Å². The maximum Gasteiger partial charge on any atom is 0.414 e. The second kappa shape index (κ2) is 13.4. The minimum atomic E-state index is -4.23. The number of carbonyl (C=O) groups excluding carboxylic acids is 2. The smallest absolute Gasteiger partial charge is 0.414 e. The number of ether oxygens (including phenoxy) is 2. The fourth-order valence-electron chi connectivity index (χ4n) is 2.79. The molecule has 2 rings (SSSR count). The minimum Gasteiger partial charge on any atom is -0.508 e. The molecule has 0 saturated carbocycles. The molecule has 0 heterocycles. The standard InChI is InChI=1S/C20H20Cl3IN2O10S2/c1-26(18-15(23)8-12(28)9-16(18)24)20(30)36-3-5-38(33,34)10-37(31,32)4-2-35-19(29)25-17-13(21)6-11(27)7-14(17)22/h6-9,27-28H,2-5,10H2,1H3,(H,25,29). The highest BCUT2D eigenvalue weighted by molar-refractivity contribution is 14.1. The first-order valence-electron chi connectivity index (χ1n) is 10.1. The molecule has 0 aromatic heterocycles. The van der Waals surface area contributed by atoms with Gasteiger partial charge in [0.1, 0.15) is 24.7 Å². The number of amides is 2. The van der Waals surface area contributed by atoms with Gasteiger partial charge in [-0.15, -0.1) is 0 Å². The molecule has 2 aromatic rings. The van der Waals surface area contributed by atoms with Crippen LogP contribution in [0, 0.1) is 3.57 Å². The van der Waals surface area contributed by atoms with Crippen molar-refractivity contribution in [3.63, 3.8) is 0 Å². The van der Waals surface area contributed by atoms with E-state index < -0.39 is 61.7 Å². The van der Waals surface area contributed by atoms with E-state index in [4.69, 9.17) is 44.3 Å². The lowest BCUT2D eigenvalue weighted by atomic mass is 10.3. The van der Waals surface area contributed by atoms with Gasteiger partial charge >= 0.3 is 12.2 Å². The summed E-state index contributed by atoms with van der Waals surface area (Å²) in [5.41, 5.74) is 0.142. The summed E-state index contributed by atoms with van der Waals surface area (Å²) >= 11 is 19.6. The number of sulfone groups is 2. The molecule has 3 N–H and O–H groups in total. The summed E-state index contributed by atoms with van der Waals surface area (Å²) in [4.78, 5) is 25.2. The lowest BCUT2D eigenvalue weighted by Gasteiger charge is -2.20. The van der Waals surface area contributed by atoms with Crippen molar-refractivity contribution in [3.05, 3.63) is 42.9 Å². The molecule has 0 saturated heterocycles. The summed E-state index contributed by atoms with van der Waals surface area (Å²) in [7, 11) is -7.13. The van der Waals surface area contributed by atoms with Gasteiger partial charge in [-0.3, -0.25) is 10.2 Å². The number of hydrogen-bond acceptors (Lipinski definition) is 10. The third-order valence-electron chi connectivity index (χ3n) is 4.47. The molecular formula is C20H20Cl3IN2O10S2. The molecule has 0 atom stereocenters. The molecule has 0 radical (unpaired) electrons. The zero-order chi connectivity index (χ0) is 28.8. The van der Waals surface area contributed by atoms with E-state index in [9.17, 15) is 36.6 Å². The monoisotopic (exact) mass is 744 g/mol. The van der Waals surface area contributed by atoms with Crippen molar-refractivity contribution in [2.24, 2.45) is 0 Å². The highest BCUT2D eigenvalue weighted by atomic mass is 127. The van der Waals surface area contributed by atoms with Crippen LogP contribution in [0.1, 0.15) is 0 Å². The normalized spacial score (nSPS) is 11.6. The molecule has 12 nitrogen and oxygen atoms in total. The predicted octanol–water partition coefficient (Wildman–Crippen LogP) is 4.27. The Kier molecular flexibility index (Phi) is 11.4. The van der Waals surface area contributed by atoms with Gasteiger partial charge in [0.25, 0.3) is 0 Å². The third kappa shape index (κ3) is 9.68. The van der Waals surface area contributed by atoms with Crippen molar-refractivity contribution in [1.82, 2.24) is 0 Å². The molecule has 2 aromatic carbocycles.